The maximum absolute atomic E-state index is 13.3. The first-order valence-electron chi connectivity index (χ1n) is 12.1. The van der Waals surface area contributed by atoms with E-state index in [9.17, 15) is 14.4 Å². The second-order valence-electron chi connectivity index (χ2n) is 11.5. The lowest BCUT2D eigenvalue weighted by atomic mass is 9.83. The molecule has 35 heavy (non-hydrogen) atoms. The average Bonchev–Trinajstić information content (AvgIpc) is 2.70. The number of esters is 2. The van der Waals surface area contributed by atoms with E-state index < -0.39 is 29.3 Å². The van der Waals surface area contributed by atoms with Crippen molar-refractivity contribution in [2.75, 3.05) is 26.2 Å². The zero-order valence-electron chi connectivity index (χ0n) is 21.6. The lowest BCUT2D eigenvalue weighted by molar-refractivity contribution is -0.939. The zero-order valence-corrected chi connectivity index (χ0v) is 23.2. The molecule has 0 radical (unpaired) electrons. The fourth-order valence-corrected chi connectivity index (χ4v) is 4.79. The lowest BCUT2D eigenvalue weighted by Crippen LogP contribution is -3.00. The first kappa shape index (κ1) is 29.1. The van der Waals surface area contributed by atoms with Gasteiger partial charge in [0.1, 0.15) is 17.7 Å². The number of amides is 1. The number of alkyl carbamates (subject to hydrolysis) is 1. The largest absolute Gasteiger partial charge is 1.00 e. The van der Waals surface area contributed by atoms with E-state index in [1.54, 1.807) is 32.9 Å². The second-order valence-corrected chi connectivity index (χ2v) is 11.5. The van der Waals surface area contributed by atoms with Gasteiger partial charge in [-0.1, -0.05) is 30.3 Å². The van der Waals surface area contributed by atoms with Crippen LogP contribution >= 0.6 is 0 Å². The molecule has 4 rings (SSSR count). The van der Waals surface area contributed by atoms with E-state index in [0.717, 1.165) is 25.9 Å². The van der Waals surface area contributed by atoms with Crippen LogP contribution in [-0.2, 0) is 23.8 Å². The Hall–Kier alpha value is -2.13. The SMILES string of the molecule is CC(C)(C)OC(=O)C[N+]12CCC(CC1)[C@@H](OC(=O)C(NC(=O)OC(C)(C)C)c1ccccc1)C2.[Br-]. The number of halogens is 1. The van der Waals surface area contributed by atoms with Crippen LogP contribution in [-0.4, -0.2) is 66.0 Å². The van der Waals surface area contributed by atoms with E-state index in [-0.39, 0.29) is 41.5 Å². The number of quaternary nitrogens is 1. The first-order chi connectivity index (χ1) is 15.8. The quantitative estimate of drug-likeness (QED) is 0.317. The van der Waals surface area contributed by atoms with Crippen molar-refractivity contribution in [3.63, 3.8) is 0 Å². The molecule has 1 aromatic rings. The fraction of sp³-hybridized carbons (Fsp3) is 0.654. The number of ether oxygens (including phenoxy) is 3. The van der Waals surface area contributed by atoms with Crippen LogP contribution in [0.4, 0.5) is 4.79 Å². The molecule has 3 aliphatic heterocycles. The van der Waals surface area contributed by atoms with Crippen molar-refractivity contribution in [2.24, 2.45) is 5.92 Å². The van der Waals surface area contributed by atoms with Gasteiger partial charge in [0.05, 0.1) is 13.1 Å². The van der Waals surface area contributed by atoms with Gasteiger partial charge in [0.25, 0.3) is 0 Å². The number of hydrogen-bond acceptors (Lipinski definition) is 6. The lowest BCUT2D eigenvalue weighted by Gasteiger charge is -2.51. The average molecular weight is 556 g/mol. The zero-order chi connectivity index (χ0) is 25.1. The van der Waals surface area contributed by atoms with Crippen LogP contribution in [0, 0.1) is 5.92 Å². The van der Waals surface area contributed by atoms with E-state index >= 15 is 0 Å². The monoisotopic (exact) mass is 554 g/mol. The number of carbonyl (C=O) groups excluding carboxylic acids is 3. The van der Waals surface area contributed by atoms with Crippen LogP contribution in [0.3, 0.4) is 0 Å². The Morgan fingerprint density at radius 2 is 1.54 bits per heavy atom. The number of nitrogens with one attached hydrogen (secondary N) is 1. The summed E-state index contributed by atoms with van der Waals surface area (Å²) in [5, 5.41) is 2.68. The molecule has 1 unspecified atom stereocenters. The maximum Gasteiger partial charge on any atom is 0.408 e. The molecule has 3 saturated heterocycles. The van der Waals surface area contributed by atoms with Gasteiger partial charge in [-0.05, 0) is 47.1 Å². The summed E-state index contributed by atoms with van der Waals surface area (Å²) in [5.74, 6) is -0.501. The molecule has 0 saturated carbocycles. The number of nitrogens with zero attached hydrogens (tertiary/aromatic N) is 1. The smallest absolute Gasteiger partial charge is 0.408 e. The summed E-state index contributed by atoms with van der Waals surface area (Å²) in [6.07, 6.45) is 0.775. The van der Waals surface area contributed by atoms with Crippen molar-refractivity contribution in [2.45, 2.75) is 77.7 Å². The molecule has 3 fully saturated rings. The van der Waals surface area contributed by atoms with Gasteiger partial charge in [0, 0.05) is 18.8 Å². The molecule has 2 atom stereocenters. The van der Waals surface area contributed by atoms with Crippen molar-refractivity contribution in [3.05, 3.63) is 35.9 Å². The van der Waals surface area contributed by atoms with Crippen molar-refractivity contribution in [1.29, 1.82) is 0 Å². The first-order valence-corrected chi connectivity index (χ1v) is 12.1. The molecule has 2 bridgehead atoms. The summed E-state index contributed by atoms with van der Waals surface area (Å²) in [5.41, 5.74) is -0.605. The Kier molecular flexibility index (Phi) is 9.39. The highest BCUT2D eigenvalue weighted by atomic mass is 79.9. The number of piperidine rings is 3. The third-order valence-corrected chi connectivity index (χ3v) is 6.22. The molecule has 9 heteroatoms. The molecule has 0 aromatic heterocycles. The van der Waals surface area contributed by atoms with E-state index in [4.69, 9.17) is 14.2 Å². The van der Waals surface area contributed by atoms with Crippen LogP contribution in [0.25, 0.3) is 0 Å². The predicted octanol–water partition coefficient (Wildman–Crippen LogP) is 0.750. The molecule has 3 heterocycles. The molecular formula is C26H39BrN2O6. The van der Waals surface area contributed by atoms with E-state index in [1.165, 1.54) is 0 Å². The number of carbonyl (C=O) groups is 3. The van der Waals surface area contributed by atoms with Gasteiger partial charge < -0.3 is 41.0 Å². The van der Waals surface area contributed by atoms with Gasteiger partial charge in [-0.3, -0.25) is 0 Å². The highest BCUT2D eigenvalue weighted by molar-refractivity contribution is 5.83. The standard InChI is InChI=1S/C26H38N2O6.BrH/c1-25(2,3)33-21(29)17-28-14-12-18(13-15-28)20(16-28)32-23(30)22(19-10-8-7-9-11-19)27-24(31)34-26(4,5)6;/h7-11,18,20,22H,12-17H2,1-6H3;1H/t18?,20-,22?,28?;/m0./s1. The van der Waals surface area contributed by atoms with Gasteiger partial charge in [0.2, 0.25) is 0 Å². The molecule has 0 aliphatic carbocycles. The number of benzene rings is 1. The van der Waals surface area contributed by atoms with E-state index in [0.29, 0.717) is 16.6 Å². The molecule has 1 N–H and O–H groups in total. The Bertz CT molecular complexity index is 885. The summed E-state index contributed by atoms with van der Waals surface area (Å²) in [6.45, 7) is 13.5. The highest BCUT2D eigenvalue weighted by Gasteiger charge is 2.49. The summed E-state index contributed by atoms with van der Waals surface area (Å²) in [6, 6.07) is 8.03. The minimum Gasteiger partial charge on any atom is -1.00 e. The predicted molar refractivity (Wildman–Crippen MR) is 127 cm³/mol. The van der Waals surface area contributed by atoms with Gasteiger partial charge in [0.15, 0.2) is 18.7 Å². The van der Waals surface area contributed by atoms with Crippen LogP contribution < -0.4 is 22.3 Å². The molecule has 196 valence electrons. The van der Waals surface area contributed by atoms with Crippen molar-refractivity contribution in [1.82, 2.24) is 5.32 Å². The van der Waals surface area contributed by atoms with E-state index in [2.05, 4.69) is 5.32 Å². The summed E-state index contributed by atoms with van der Waals surface area (Å²) < 4.78 is 17.5. The molecular weight excluding hydrogens is 516 g/mol. The van der Waals surface area contributed by atoms with Gasteiger partial charge in [-0.15, -0.1) is 0 Å². The third-order valence-electron chi connectivity index (χ3n) is 6.22. The highest BCUT2D eigenvalue weighted by Crippen LogP contribution is 2.36. The minimum atomic E-state index is -0.981. The van der Waals surface area contributed by atoms with Crippen LogP contribution in [0.2, 0.25) is 0 Å². The summed E-state index contributed by atoms with van der Waals surface area (Å²) in [4.78, 5) is 38.3. The number of fused-ring (bicyclic) bond motifs is 3. The van der Waals surface area contributed by atoms with Crippen LogP contribution in [0.15, 0.2) is 30.3 Å². The Labute approximate surface area is 219 Å². The number of rotatable bonds is 6. The topological polar surface area (TPSA) is 90.9 Å². The fourth-order valence-electron chi connectivity index (χ4n) is 4.79. The molecule has 3 aliphatic rings. The molecule has 1 amide bonds. The Morgan fingerprint density at radius 1 is 0.971 bits per heavy atom. The Morgan fingerprint density at radius 3 is 2.09 bits per heavy atom. The summed E-state index contributed by atoms with van der Waals surface area (Å²) in [7, 11) is 0. The van der Waals surface area contributed by atoms with Crippen LogP contribution in [0.1, 0.15) is 66.0 Å². The number of hydrogen-bond donors (Lipinski definition) is 1. The van der Waals surface area contributed by atoms with Gasteiger partial charge in [-0.2, -0.15) is 0 Å². The van der Waals surface area contributed by atoms with Gasteiger partial charge in [-0.25, -0.2) is 14.4 Å². The Balaban J connectivity index is 0.00000432. The normalized spacial score (nSPS) is 24.5. The van der Waals surface area contributed by atoms with Crippen molar-refractivity contribution in [3.8, 4) is 0 Å². The minimum absolute atomic E-state index is 0. The van der Waals surface area contributed by atoms with Crippen molar-refractivity contribution < 1.29 is 50.1 Å². The second kappa shape index (κ2) is 11.3. The van der Waals surface area contributed by atoms with Gasteiger partial charge >= 0.3 is 18.0 Å². The van der Waals surface area contributed by atoms with Crippen LogP contribution in [0.5, 0.6) is 0 Å². The molecule has 1 aromatic carbocycles. The van der Waals surface area contributed by atoms with Crippen molar-refractivity contribution >= 4 is 18.0 Å². The molecule has 0 spiro atoms. The third kappa shape index (κ3) is 8.49. The van der Waals surface area contributed by atoms with E-state index in [1.807, 2.05) is 39.0 Å². The summed E-state index contributed by atoms with van der Waals surface area (Å²) >= 11 is 0. The maximum atomic E-state index is 13.3. The molecule has 8 nitrogen and oxygen atoms in total.